The fourth-order valence-electron chi connectivity index (χ4n) is 6.26. The summed E-state index contributed by atoms with van der Waals surface area (Å²) in [6, 6.07) is 11.5. The van der Waals surface area contributed by atoms with Crippen LogP contribution in [0.3, 0.4) is 0 Å². The molecule has 1 heteroatoms. The van der Waals surface area contributed by atoms with E-state index in [1.165, 1.54) is 51.5 Å². The molecule has 0 heterocycles. The average Bonchev–Trinajstić information content (AvgIpc) is 2.45. The Morgan fingerprint density at radius 1 is 1.05 bits per heavy atom. The largest absolute Gasteiger partial charge is 0.320 e. The molecule has 1 N–H and O–H groups in total. The van der Waals surface area contributed by atoms with Crippen molar-refractivity contribution in [3.8, 4) is 0 Å². The summed E-state index contributed by atoms with van der Waals surface area (Å²) in [6.45, 7) is 1.20. The van der Waals surface area contributed by atoms with E-state index in [0.29, 0.717) is 10.8 Å². The van der Waals surface area contributed by atoms with Gasteiger partial charge in [0.2, 0.25) is 0 Å². The van der Waals surface area contributed by atoms with Crippen molar-refractivity contribution < 1.29 is 0 Å². The molecule has 2 unspecified atom stereocenters. The van der Waals surface area contributed by atoms with Crippen LogP contribution in [0.5, 0.6) is 0 Å². The van der Waals surface area contributed by atoms with Gasteiger partial charge in [0.1, 0.15) is 0 Å². The first-order valence-corrected chi connectivity index (χ1v) is 8.44. The summed E-state index contributed by atoms with van der Waals surface area (Å²) in [5.74, 6) is 2.02. The quantitative estimate of drug-likeness (QED) is 0.866. The Kier molecular flexibility index (Phi) is 2.96. The van der Waals surface area contributed by atoms with E-state index in [0.717, 1.165) is 11.8 Å². The Morgan fingerprint density at radius 2 is 1.75 bits per heavy atom. The minimum absolute atomic E-state index is 0.527. The smallest absolute Gasteiger partial charge is 0.00364 e. The van der Waals surface area contributed by atoms with E-state index < -0.39 is 0 Å². The van der Waals surface area contributed by atoms with Gasteiger partial charge >= 0.3 is 0 Å². The molecular formula is C19H27N. The third-order valence-corrected chi connectivity index (χ3v) is 6.47. The van der Waals surface area contributed by atoms with Gasteiger partial charge in [0.05, 0.1) is 0 Å². The van der Waals surface area contributed by atoms with Crippen molar-refractivity contribution in [2.75, 3.05) is 13.6 Å². The minimum atomic E-state index is 0.527. The molecule has 0 saturated heterocycles. The fourth-order valence-corrected chi connectivity index (χ4v) is 6.26. The molecule has 108 valence electrons. The predicted molar refractivity (Wildman–Crippen MR) is 83.8 cm³/mol. The summed E-state index contributed by atoms with van der Waals surface area (Å²) in [6.07, 6.45) is 10.3. The standard InChI is InChI=1S/C19H27N/c1-20-8-7-18-10-15-9-16(11-18)13-19(12-15,14-18)17-5-3-2-4-6-17/h2-6,15-16,20H,7-14H2,1H3. The highest BCUT2D eigenvalue weighted by Crippen LogP contribution is 2.66. The van der Waals surface area contributed by atoms with E-state index in [1.54, 1.807) is 5.56 Å². The van der Waals surface area contributed by atoms with Gasteiger partial charge in [-0.1, -0.05) is 30.3 Å². The molecule has 5 rings (SSSR count). The van der Waals surface area contributed by atoms with Gasteiger partial charge < -0.3 is 5.32 Å². The Hall–Kier alpha value is -0.820. The van der Waals surface area contributed by atoms with Crippen LogP contribution in [0.2, 0.25) is 0 Å². The number of benzene rings is 1. The van der Waals surface area contributed by atoms with Crippen LogP contribution in [0.4, 0.5) is 0 Å². The van der Waals surface area contributed by atoms with Crippen LogP contribution in [-0.4, -0.2) is 13.6 Å². The molecule has 4 aliphatic rings. The van der Waals surface area contributed by atoms with Gasteiger partial charge in [0.25, 0.3) is 0 Å². The average molecular weight is 269 g/mol. The fraction of sp³-hybridized carbons (Fsp3) is 0.684. The first-order chi connectivity index (χ1) is 9.74. The van der Waals surface area contributed by atoms with Gasteiger partial charge in [-0.2, -0.15) is 0 Å². The molecule has 4 aliphatic carbocycles. The molecule has 1 aromatic carbocycles. The highest BCUT2D eigenvalue weighted by atomic mass is 14.8. The van der Waals surface area contributed by atoms with Crippen LogP contribution in [0.25, 0.3) is 0 Å². The van der Waals surface area contributed by atoms with Crippen molar-refractivity contribution in [2.24, 2.45) is 17.3 Å². The first-order valence-electron chi connectivity index (χ1n) is 8.44. The van der Waals surface area contributed by atoms with E-state index in [-0.39, 0.29) is 0 Å². The normalized spacial score (nSPS) is 42.0. The summed E-state index contributed by atoms with van der Waals surface area (Å²) in [5, 5.41) is 3.39. The van der Waals surface area contributed by atoms with Crippen LogP contribution in [-0.2, 0) is 5.41 Å². The maximum atomic E-state index is 3.39. The van der Waals surface area contributed by atoms with Gasteiger partial charge in [-0.3, -0.25) is 0 Å². The summed E-state index contributed by atoms with van der Waals surface area (Å²) in [5.41, 5.74) is 2.82. The zero-order chi connectivity index (χ0) is 13.6. The molecule has 1 nitrogen and oxygen atoms in total. The summed E-state index contributed by atoms with van der Waals surface area (Å²) >= 11 is 0. The zero-order valence-electron chi connectivity index (χ0n) is 12.7. The lowest BCUT2D eigenvalue weighted by Crippen LogP contribution is -2.54. The van der Waals surface area contributed by atoms with Gasteiger partial charge in [-0.15, -0.1) is 0 Å². The van der Waals surface area contributed by atoms with Gasteiger partial charge in [-0.05, 0) is 86.8 Å². The lowest BCUT2D eigenvalue weighted by Gasteiger charge is -2.62. The number of nitrogens with one attached hydrogen (secondary N) is 1. The highest BCUT2D eigenvalue weighted by molar-refractivity contribution is 5.30. The molecule has 4 bridgehead atoms. The Balaban J connectivity index is 1.69. The zero-order valence-corrected chi connectivity index (χ0v) is 12.7. The van der Waals surface area contributed by atoms with Gasteiger partial charge in [0, 0.05) is 0 Å². The molecule has 4 saturated carbocycles. The molecule has 0 aliphatic heterocycles. The molecule has 0 spiro atoms. The van der Waals surface area contributed by atoms with E-state index >= 15 is 0 Å². The summed E-state index contributed by atoms with van der Waals surface area (Å²) in [4.78, 5) is 0. The molecule has 0 aromatic heterocycles. The minimum Gasteiger partial charge on any atom is -0.320 e. The van der Waals surface area contributed by atoms with Gasteiger partial charge in [0.15, 0.2) is 0 Å². The van der Waals surface area contributed by atoms with Crippen molar-refractivity contribution in [2.45, 2.75) is 50.4 Å². The lowest BCUT2D eigenvalue weighted by molar-refractivity contribution is -0.0755. The predicted octanol–water partition coefficient (Wildman–Crippen LogP) is 4.13. The van der Waals surface area contributed by atoms with Crippen molar-refractivity contribution in [1.82, 2.24) is 5.32 Å². The SMILES string of the molecule is CNCCC12CC3CC(C1)CC(c1ccccc1)(C3)C2. The Morgan fingerprint density at radius 3 is 2.40 bits per heavy atom. The van der Waals surface area contributed by atoms with Crippen molar-refractivity contribution in [3.05, 3.63) is 35.9 Å². The third-order valence-electron chi connectivity index (χ3n) is 6.47. The Bertz CT molecular complexity index is 464. The topological polar surface area (TPSA) is 12.0 Å². The Labute approximate surface area is 123 Å². The second-order valence-corrected chi connectivity index (χ2v) is 7.96. The van der Waals surface area contributed by atoms with Crippen LogP contribution < -0.4 is 5.32 Å². The lowest BCUT2D eigenvalue weighted by atomic mass is 9.42. The number of rotatable bonds is 4. The number of hydrogen-bond donors (Lipinski definition) is 1. The molecule has 4 fully saturated rings. The highest BCUT2D eigenvalue weighted by Gasteiger charge is 2.57. The van der Waals surface area contributed by atoms with Crippen LogP contribution >= 0.6 is 0 Å². The summed E-state index contributed by atoms with van der Waals surface area (Å²) < 4.78 is 0. The molecule has 0 amide bonds. The molecule has 0 radical (unpaired) electrons. The van der Waals surface area contributed by atoms with Crippen LogP contribution in [0, 0.1) is 17.3 Å². The second-order valence-electron chi connectivity index (χ2n) is 7.96. The van der Waals surface area contributed by atoms with Crippen molar-refractivity contribution in [3.63, 3.8) is 0 Å². The molecular weight excluding hydrogens is 242 g/mol. The molecule has 20 heavy (non-hydrogen) atoms. The van der Waals surface area contributed by atoms with Crippen LogP contribution in [0.1, 0.15) is 50.5 Å². The first kappa shape index (κ1) is 12.9. The van der Waals surface area contributed by atoms with E-state index in [4.69, 9.17) is 0 Å². The van der Waals surface area contributed by atoms with Crippen LogP contribution in [0.15, 0.2) is 30.3 Å². The van der Waals surface area contributed by atoms with E-state index in [2.05, 4.69) is 42.7 Å². The van der Waals surface area contributed by atoms with Gasteiger partial charge in [-0.25, -0.2) is 0 Å². The van der Waals surface area contributed by atoms with Crippen molar-refractivity contribution in [1.29, 1.82) is 0 Å². The maximum absolute atomic E-state index is 3.39. The third kappa shape index (κ3) is 1.94. The van der Waals surface area contributed by atoms with E-state index in [1.807, 2.05) is 0 Å². The number of hydrogen-bond acceptors (Lipinski definition) is 1. The van der Waals surface area contributed by atoms with E-state index in [9.17, 15) is 0 Å². The second kappa shape index (κ2) is 4.59. The van der Waals surface area contributed by atoms with Crippen molar-refractivity contribution >= 4 is 0 Å². The monoisotopic (exact) mass is 269 g/mol. The maximum Gasteiger partial charge on any atom is -0.00364 e. The molecule has 1 aromatic rings. The summed E-state index contributed by atoms with van der Waals surface area (Å²) in [7, 11) is 2.10. The molecule has 2 atom stereocenters.